The summed E-state index contributed by atoms with van der Waals surface area (Å²) in [7, 11) is 0. The molecule has 0 unspecified atom stereocenters. The molecule has 122 valence electrons. The van der Waals surface area contributed by atoms with Crippen LogP contribution in [0.15, 0.2) is 24.3 Å². The zero-order chi connectivity index (χ0) is 15.8. The molecule has 1 amide bonds. The van der Waals surface area contributed by atoms with Gasteiger partial charge in [0.05, 0.1) is 6.54 Å². The maximum atomic E-state index is 12.2. The molecule has 1 fully saturated rings. The minimum atomic E-state index is 0.0599. The van der Waals surface area contributed by atoms with Crippen molar-refractivity contribution in [3.05, 3.63) is 29.8 Å². The van der Waals surface area contributed by atoms with Gasteiger partial charge in [-0.2, -0.15) is 0 Å². The van der Waals surface area contributed by atoms with Crippen LogP contribution in [0.2, 0.25) is 0 Å². The molecule has 1 aliphatic heterocycles. The van der Waals surface area contributed by atoms with Crippen molar-refractivity contribution in [3.63, 3.8) is 0 Å². The van der Waals surface area contributed by atoms with E-state index in [2.05, 4.69) is 28.1 Å². The summed E-state index contributed by atoms with van der Waals surface area (Å²) in [6, 6.07) is 7.97. The minimum Gasteiger partial charge on any atom is -0.396 e. The van der Waals surface area contributed by atoms with E-state index in [0.29, 0.717) is 6.54 Å². The van der Waals surface area contributed by atoms with Crippen LogP contribution in [0.4, 0.5) is 5.69 Å². The normalized spacial score (nSPS) is 16.6. The van der Waals surface area contributed by atoms with Gasteiger partial charge >= 0.3 is 0 Å². The molecule has 0 aromatic heterocycles. The number of aliphatic hydroxyl groups is 1. The first kappa shape index (κ1) is 16.9. The van der Waals surface area contributed by atoms with Gasteiger partial charge < -0.3 is 15.3 Å². The number of hydrogen-bond donors (Lipinski definition) is 2. The van der Waals surface area contributed by atoms with E-state index < -0.39 is 0 Å². The lowest BCUT2D eigenvalue weighted by molar-refractivity contribution is -0.117. The van der Waals surface area contributed by atoms with E-state index >= 15 is 0 Å². The van der Waals surface area contributed by atoms with Crippen molar-refractivity contribution < 1.29 is 9.90 Å². The predicted octanol–water partition coefficient (Wildman–Crippen LogP) is 1.19. The van der Waals surface area contributed by atoms with E-state index in [0.717, 1.165) is 51.3 Å². The van der Waals surface area contributed by atoms with Crippen LogP contribution in [0.1, 0.15) is 18.9 Å². The largest absolute Gasteiger partial charge is 0.396 e. The van der Waals surface area contributed by atoms with E-state index in [1.54, 1.807) is 0 Å². The summed E-state index contributed by atoms with van der Waals surface area (Å²) in [6.45, 7) is 7.50. The Bertz CT molecular complexity index is 471. The molecule has 22 heavy (non-hydrogen) atoms. The Hall–Kier alpha value is -1.43. The monoisotopic (exact) mass is 305 g/mol. The van der Waals surface area contributed by atoms with E-state index in [1.165, 1.54) is 5.56 Å². The SMILES string of the molecule is CCc1ccccc1NC(=O)CN1CCN(CCCO)CC1. The quantitative estimate of drug-likeness (QED) is 0.794. The molecule has 1 aliphatic rings. The fourth-order valence-electron chi connectivity index (χ4n) is 2.81. The van der Waals surface area contributed by atoms with Crippen molar-refractivity contribution in [2.24, 2.45) is 0 Å². The number of benzene rings is 1. The van der Waals surface area contributed by atoms with E-state index in [4.69, 9.17) is 5.11 Å². The molecule has 0 bridgehead atoms. The third kappa shape index (κ3) is 5.09. The van der Waals surface area contributed by atoms with E-state index in [1.807, 2.05) is 18.2 Å². The van der Waals surface area contributed by atoms with Crippen molar-refractivity contribution >= 4 is 11.6 Å². The zero-order valence-electron chi connectivity index (χ0n) is 13.4. The number of aryl methyl sites for hydroxylation is 1. The van der Waals surface area contributed by atoms with Gasteiger partial charge in [-0.1, -0.05) is 25.1 Å². The third-order valence-corrected chi connectivity index (χ3v) is 4.14. The van der Waals surface area contributed by atoms with Gasteiger partial charge in [0, 0.05) is 45.0 Å². The zero-order valence-corrected chi connectivity index (χ0v) is 13.4. The van der Waals surface area contributed by atoms with Crippen LogP contribution in [0.3, 0.4) is 0 Å². The molecule has 2 N–H and O–H groups in total. The summed E-state index contributed by atoms with van der Waals surface area (Å²) in [5.74, 6) is 0.0599. The number of anilines is 1. The maximum Gasteiger partial charge on any atom is 0.238 e. The molecule has 1 heterocycles. The fourth-order valence-corrected chi connectivity index (χ4v) is 2.81. The number of piperazine rings is 1. The molecule has 0 spiro atoms. The summed E-state index contributed by atoms with van der Waals surface area (Å²) in [4.78, 5) is 16.7. The standard InChI is InChI=1S/C17H27N3O2/c1-2-15-6-3-4-7-16(15)18-17(22)14-20-11-9-19(10-12-20)8-5-13-21/h3-4,6-7,21H,2,5,8-14H2,1H3,(H,18,22). The van der Waals surface area contributed by atoms with Crippen LogP contribution in [0, 0.1) is 0 Å². The molecule has 1 aromatic rings. The Morgan fingerprint density at radius 1 is 1.18 bits per heavy atom. The predicted molar refractivity (Wildman–Crippen MR) is 89.0 cm³/mol. The van der Waals surface area contributed by atoms with Gasteiger partial charge in [0.25, 0.3) is 0 Å². The second-order valence-electron chi connectivity index (χ2n) is 5.75. The number of nitrogens with zero attached hydrogens (tertiary/aromatic N) is 2. The summed E-state index contributed by atoms with van der Waals surface area (Å²) >= 11 is 0. The fraction of sp³-hybridized carbons (Fsp3) is 0.588. The van der Waals surface area contributed by atoms with Crippen LogP contribution in [0.25, 0.3) is 0 Å². The van der Waals surface area contributed by atoms with Gasteiger partial charge in [0.1, 0.15) is 0 Å². The highest BCUT2D eigenvalue weighted by atomic mass is 16.3. The first-order valence-corrected chi connectivity index (χ1v) is 8.16. The molecule has 0 saturated carbocycles. The second kappa shape index (κ2) is 8.88. The van der Waals surface area contributed by atoms with E-state index in [9.17, 15) is 4.79 Å². The van der Waals surface area contributed by atoms with Crippen molar-refractivity contribution in [2.45, 2.75) is 19.8 Å². The van der Waals surface area contributed by atoms with Gasteiger partial charge in [0.15, 0.2) is 0 Å². The summed E-state index contributed by atoms with van der Waals surface area (Å²) in [5, 5.41) is 11.9. The van der Waals surface area contributed by atoms with Crippen LogP contribution in [0.5, 0.6) is 0 Å². The molecular formula is C17H27N3O2. The first-order valence-electron chi connectivity index (χ1n) is 8.16. The first-order chi connectivity index (χ1) is 10.7. The molecule has 1 aromatic carbocycles. The Labute approximate surface area is 132 Å². The molecule has 0 atom stereocenters. The summed E-state index contributed by atoms with van der Waals surface area (Å²) < 4.78 is 0. The molecule has 0 aliphatic carbocycles. The Balaban J connectivity index is 1.76. The lowest BCUT2D eigenvalue weighted by Gasteiger charge is -2.34. The lowest BCUT2D eigenvalue weighted by Crippen LogP contribution is -2.48. The highest BCUT2D eigenvalue weighted by Crippen LogP contribution is 2.15. The number of nitrogens with one attached hydrogen (secondary N) is 1. The smallest absolute Gasteiger partial charge is 0.238 e. The maximum absolute atomic E-state index is 12.2. The number of aliphatic hydroxyl groups excluding tert-OH is 1. The third-order valence-electron chi connectivity index (χ3n) is 4.14. The minimum absolute atomic E-state index is 0.0599. The molecule has 1 saturated heterocycles. The van der Waals surface area contributed by atoms with Crippen molar-refractivity contribution in [1.82, 2.24) is 9.80 Å². The molecule has 2 rings (SSSR count). The highest BCUT2D eigenvalue weighted by molar-refractivity contribution is 5.93. The van der Waals surface area contributed by atoms with Gasteiger partial charge in [0.2, 0.25) is 5.91 Å². The molecule has 5 heteroatoms. The van der Waals surface area contributed by atoms with Gasteiger partial charge in [-0.3, -0.25) is 9.69 Å². The Morgan fingerprint density at radius 3 is 2.55 bits per heavy atom. The van der Waals surface area contributed by atoms with Crippen LogP contribution in [-0.4, -0.2) is 66.7 Å². The second-order valence-corrected chi connectivity index (χ2v) is 5.75. The van der Waals surface area contributed by atoms with Crippen LogP contribution >= 0.6 is 0 Å². The molecule has 5 nitrogen and oxygen atoms in total. The number of rotatable bonds is 7. The highest BCUT2D eigenvalue weighted by Gasteiger charge is 2.18. The molecule has 0 radical (unpaired) electrons. The van der Waals surface area contributed by atoms with Crippen molar-refractivity contribution in [3.8, 4) is 0 Å². The van der Waals surface area contributed by atoms with Gasteiger partial charge in [-0.25, -0.2) is 0 Å². The van der Waals surface area contributed by atoms with E-state index in [-0.39, 0.29) is 12.5 Å². The molecular weight excluding hydrogens is 278 g/mol. The number of hydrogen-bond acceptors (Lipinski definition) is 4. The number of carbonyl (C=O) groups is 1. The van der Waals surface area contributed by atoms with Gasteiger partial charge in [-0.05, 0) is 24.5 Å². The number of amides is 1. The van der Waals surface area contributed by atoms with Crippen LogP contribution < -0.4 is 5.32 Å². The van der Waals surface area contributed by atoms with Crippen molar-refractivity contribution in [1.29, 1.82) is 0 Å². The summed E-state index contributed by atoms with van der Waals surface area (Å²) in [6.07, 6.45) is 1.74. The number of carbonyl (C=O) groups excluding carboxylic acids is 1. The van der Waals surface area contributed by atoms with Gasteiger partial charge in [-0.15, -0.1) is 0 Å². The Kier molecular flexibility index (Phi) is 6.83. The van der Waals surface area contributed by atoms with Crippen LogP contribution in [-0.2, 0) is 11.2 Å². The van der Waals surface area contributed by atoms with Crippen molar-refractivity contribution in [2.75, 3.05) is 51.2 Å². The number of para-hydroxylation sites is 1. The Morgan fingerprint density at radius 2 is 1.86 bits per heavy atom. The lowest BCUT2D eigenvalue weighted by atomic mass is 10.1. The average molecular weight is 305 g/mol. The average Bonchev–Trinajstić information content (AvgIpc) is 2.54. The topological polar surface area (TPSA) is 55.8 Å². The summed E-state index contributed by atoms with van der Waals surface area (Å²) in [5.41, 5.74) is 2.10.